The van der Waals surface area contributed by atoms with E-state index in [0.29, 0.717) is 10.0 Å². The lowest BCUT2D eigenvalue weighted by Gasteiger charge is -2.10. The van der Waals surface area contributed by atoms with E-state index in [1.807, 2.05) is 0 Å². The molecule has 0 bridgehead atoms. The van der Waals surface area contributed by atoms with Crippen molar-refractivity contribution in [2.75, 3.05) is 6.61 Å². The predicted molar refractivity (Wildman–Crippen MR) is 90.0 cm³/mol. The highest BCUT2D eigenvalue weighted by atomic mass is 35.5. The minimum Gasteiger partial charge on any atom is -0.484 e. The number of nitrogens with one attached hydrogen (secondary N) is 1. The molecule has 1 N–H and O–H groups in total. The van der Waals surface area contributed by atoms with Crippen molar-refractivity contribution >= 4 is 29.1 Å². The summed E-state index contributed by atoms with van der Waals surface area (Å²) >= 11 is 11.7. The van der Waals surface area contributed by atoms with Gasteiger partial charge in [0.25, 0.3) is 0 Å². The molecular weight excluding hydrogens is 378 g/mol. The lowest BCUT2D eigenvalue weighted by Crippen LogP contribution is -2.24. The van der Waals surface area contributed by atoms with E-state index in [1.165, 1.54) is 12.1 Å². The van der Waals surface area contributed by atoms with E-state index in [0.717, 1.165) is 11.1 Å². The fourth-order valence-corrected chi connectivity index (χ4v) is 2.29. The Morgan fingerprint density at radius 3 is 2.24 bits per heavy atom. The summed E-state index contributed by atoms with van der Waals surface area (Å²) < 4.78 is 40.8. The van der Waals surface area contributed by atoms with Crippen molar-refractivity contribution in [2.45, 2.75) is 19.1 Å². The van der Waals surface area contributed by atoms with Gasteiger partial charge in [0.15, 0.2) is 6.61 Å². The predicted octanol–water partition coefficient (Wildman–Crippen LogP) is 4.79. The number of amides is 1. The van der Waals surface area contributed by atoms with Crippen molar-refractivity contribution in [2.24, 2.45) is 0 Å². The molecule has 0 aliphatic carbocycles. The molecular formula is C17H14Cl2F3NO2. The number of alkyl halides is 3. The number of hydrogen-bond donors (Lipinski definition) is 1. The second-order valence-corrected chi connectivity index (χ2v) is 6.06. The number of rotatable bonds is 6. The quantitative estimate of drug-likeness (QED) is 0.768. The van der Waals surface area contributed by atoms with E-state index >= 15 is 0 Å². The van der Waals surface area contributed by atoms with Crippen LogP contribution in [0.1, 0.15) is 11.1 Å². The van der Waals surface area contributed by atoms with Crippen molar-refractivity contribution in [3.05, 3.63) is 63.6 Å². The third kappa shape index (κ3) is 6.84. The van der Waals surface area contributed by atoms with Crippen LogP contribution in [0.3, 0.4) is 0 Å². The molecule has 0 saturated carbocycles. The van der Waals surface area contributed by atoms with Crippen molar-refractivity contribution in [1.82, 2.24) is 5.32 Å². The van der Waals surface area contributed by atoms with Gasteiger partial charge in [-0.2, -0.15) is 13.2 Å². The Hall–Kier alpha value is -1.92. The maximum Gasteiger partial charge on any atom is 0.422 e. The van der Waals surface area contributed by atoms with Crippen molar-refractivity contribution < 1.29 is 22.7 Å². The lowest BCUT2D eigenvalue weighted by molar-refractivity contribution is -0.153. The smallest absolute Gasteiger partial charge is 0.422 e. The highest BCUT2D eigenvalue weighted by molar-refractivity contribution is 6.42. The second-order valence-electron chi connectivity index (χ2n) is 5.25. The summed E-state index contributed by atoms with van der Waals surface area (Å²) in [6.07, 6.45) is -4.24. The first-order valence-electron chi connectivity index (χ1n) is 7.22. The van der Waals surface area contributed by atoms with Gasteiger partial charge in [-0.05, 0) is 35.4 Å². The van der Waals surface area contributed by atoms with Crippen LogP contribution in [0.15, 0.2) is 42.5 Å². The monoisotopic (exact) mass is 391 g/mol. The summed E-state index contributed by atoms with van der Waals surface area (Å²) in [5, 5.41) is 3.51. The Balaban J connectivity index is 1.82. The molecule has 1 amide bonds. The van der Waals surface area contributed by atoms with Crippen LogP contribution in [0.4, 0.5) is 13.2 Å². The van der Waals surface area contributed by atoms with Gasteiger partial charge in [-0.1, -0.05) is 41.4 Å². The molecule has 3 nitrogen and oxygen atoms in total. The SMILES string of the molecule is O=C(Cc1ccc(Cl)c(Cl)c1)NCc1ccc(OCC(F)(F)F)cc1. The maximum absolute atomic E-state index is 12.1. The van der Waals surface area contributed by atoms with Gasteiger partial charge in [-0.3, -0.25) is 4.79 Å². The van der Waals surface area contributed by atoms with Crippen LogP contribution in [0, 0.1) is 0 Å². The van der Waals surface area contributed by atoms with Gasteiger partial charge in [0, 0.05) is 6.54 Å². The second kappa shape index (κ2) is 8.45. The Bertz CT molecular complexity index is 734. The Morgan fingerprint density at radius 2 is 1.64 bits per heavy atom. The number of benzene rings is 2. The van der Waals surface area contributed by atoms with Gasteiger partial charge in [0.2, 0.25) is 5.91 Å². The van der Waals surface area contributed by atoms with Crippen LogP contribution < -0.4 is 10.1 Å². The van der Waals surface area contributed by atoms with Gasteiger partial charge >= 0.3 is 6.18 Å². The van der Waals surface area contributed by atoms with Crippen molar-refractivity contribution in [3.8, 4) is 5.75 Å². The molecule has 0 spiro atoms. The normalized spacial score (nSPS) is 11.2. The third-order valence-corrected chi connectivity index (χ3v) is 3.90. The molecule has 0 radical (unpaired) electrons. The van der Waals surface area contributed by atoms with Crippen LogP contribution >= 0.6 is 23.2 Å². The lowest BCUT2D eigenvalue weighted by atomic mass is 10.1. The fourth-order valence-electron chi connectivity index (χ4n) is 1.97. The molecule has 0 unspecified atom stereocenters. The number of carbonyl (C=O) groups is 1. The molecule has 0 atom stereocenters. The fraction of sp³-hybridized carbons (Fsp3) is 0.235. The van der Waals surface area contributed by atoms with Crippen LogP contribution in [-0.2, 0) is 17.8 Å². The minimum absolute atomic E-state index is 0.114. The summed E-state index contributed by atoms with van der Waals surface area (Å²) in [7, 11) is 0. The zero-order valence-corrected chi connectivity index (χ0v) is 14.4. The highest BCUT2D eigenvalue weighted by Gasteiger charge is 2.28. The molecule has 0 fully saturated rings. The minimum atomic E-state index is -4.38. The van der Waals surface area contributed by atoms with E-state index in [4.69, 9.17) is 23.2 Å². The van der Waals surface area contributed by atoms with Gasteiger partial charge in [-0.25, -0.2) is 0 Å². The molecule has 2 rings (SSSR count). The molecule has 2 aromatic rings. The van der Waals surface area contributed by atoms with E-state index in [9.17, 15) is 18.0 Å². The molecule has 0 aliphatic rings. The molecule has 0 heterocycles. The number of ether oxygens (including phenoxy) is 1. The summed E-state index contributed by atoms with van der Waals surface area (Å²) in [5.41, 5.74) is 1.46. The molecule has 25 heavy (non-hydrogen) atoms. The zero-order chi connectivity index (χ0) is 18.4. The summed E-state index contributed by atoms with van der Waals surface area (Å²) in [4.78, 5) is 11.9. The zero-order valence-electron chi connectivity index (χ0n) is 12.9. The van der Waals surface area contributed by atoms with Crippen LogP contribution in [0.5, 0.6) is 5.75 Å². The first-order chi connectivity index (χ1) is 11.7. The van der Waals surface area contributed by atoms with E-state index in [-0.39, 0.29) is 24.6 Å². The van der Waals surface area contributed by atoms with Gasteiger partial charge in [-0.15, -0.1) is 0 Å². The molecule has 0 saturated heterocycles. The largest absolute Gasteiger partial charge is 0.484 e. The molecule has 134 valence electrons. The molecule has 0 aliphatic heterocycles. The Labute approximate surface area is 152 Å². The average Bonchev–Trinajstić information content (AvgIpc) is 2.55. The van der Waals surface area contributed by atoms with E-state index < -0.39 is 12.8 Å². The Morgan fingerprint density at radius 1 is 1.00 bits per heavy atom. The van der Waals surface area contributed by atoms with Gasteiger partial charge < -0.3 is 10.1 Å². The first-order valence-corrected chi connectivity index (χ1v) is 7.97. The Kier molecular flexibility index (Phi) is 6.56. The number of hydrogen-bond acceptors (Lipinski definition) is 2. The van der Waals surface area contributed by atoms with Crippen molar-refractivity contribution in [3.63, 3.8) is 0 Å². The molecule has 8 heteroatoms. The highest BCUT2D eigenvalue weighted by Crippen LogP contribution is 2.23. The summed E-state index contributed by atoms with van der Waals surface area (Å²) in [5.74, 6) is -0.0982. The molecule has 0 aromatic heterocycles. The standard InChI is InChI=1S/C17H14Cl2F3NO2/c18-14-6-3-12(7-15(14)19)8-16(24)23-9-11-1-4-13(5-2-11)25-10-17(20,21)22/h1-7H,8-10H2,(H,23,24). The van der Waals surface area contributed by atoms with Gasteiger partial charge in [0.05, 0.1) is 16.5 Å². The average molecular weight is 392 g/mol. The maximum atomic E-state index is 12.1. The number of carbonyl (C=O) groups excluding carboxylic acids is 1. The summed E-state index contributed by atoms with van der Waals surface area (Å²) in [6, 6.07) is 11.0. The van der Waals surface area contributed by atoms with E-state index in [2.05, 4.69) is 10.1 Å². The van der Waals surface area contributed by atoms with Crippen molar-refractivity contribution in [1.29, 1.82) is 0 Å². The topological polar surface area (TPSA) is 38.3 Å². The van der Waals surface area contributed by atoms with Crippen LogP contribution in [0.25, 0.3) is 0 Å². The summed E-state index contributed by atoms with van der Waals surface area (Å²) in [6.45, 7) is -1.09. The van der Waals surface area contributed by atoms with Gasteiger partial charge in [0.1, 0.15) is 5.75 Å². The number of halogens is 5. The first kappa shape index (κ1) is 19.4. The third-order valence-electron chi connectivity index (χ3n) is 3.16. The van der Waals surface area contributed by atoms with E-state index in [1.54, 1.807) is 30.3 Å². The van der Waals surface area contributed by atoms with Crippen LogP contribution in [0.2, 0.25) is 10.0 Å². The molecule has 2 aromatic carbocycles. The van der Waals surface area contributed by atoms with Crippen LogP contribution in [-0.4, -0.2) is 18.7 Å².